The molecule has 0 spiro atoms. The van der Waals surface area contributed by atoms with Crippen molar-refractivity contribution in [3.63, 3.8) is 0 Å². The first-order valence-corrected chi connectivity index (χ1v) is 19.4. The fourth-order valence-electron chi connectivity index (χ4n) is 6.06. The van der Waals surface area contributed by atoms with E-state index in [9.17, 15) is 39.6 Å². The minimum atomic E-state index is -0.631. The average molecular weight is 669 g/mol. The highest BCUT2D eigenvalue weighted by molar-refractivity contribution is 5.79. The molecule has 8 nitrogen and oxygen atoms in total. The summed E-state index contributed by atoms with van der Waals surface area (Å²) < 4.78 is 0. The summed E-state index contributed by atoms with van der Waals surface area (Å²) in [6.07, 6.45) is 18.3. The van der Waals surface area contributed by atoms with Crippen LogP contribution in [0.3, 0.4) is 0 Å². The fraction of sp³-hybridized carbons (Fsp3) is 0.897. The highest BCUT2D eigenvalue weighted by Gasteiger charge is 2.14. The molecule has 4 unspecified atom stereocenters. The number of hydrogen-bond acceptors (Lipinski definition) is 8. The molecule has 0 aliphatic carbocycles. The van der Waals surface area contributed by atoms with Gasteiger partial charge in [-0.2, -0.15) is 0 Å². The van der Waals surface area contributed by atoms with Crippen LogP contribution in [0.4, 0.5) is 0 Å². The molecule has 0 rings (SSSR count). The highest BCUT2D eigenvalue weighted by Crippen LogP contribution is 2.16. The van der Waals surface area contributed by atoms with Crippen molar-refractivity contribution in [1.29, 1.82) is 0 Å². The third-order valence-corrected chi connectivity index (χ3v) is 9.03. The molecule has 0 fully saturated rings. The number of carbonyl (C=O) groups is 4. The highest BCUT2D eigenvalue weighted by atomic mass is 16.3. The van der Waals surface area contributed by atoms with E-state index in [1.165, 1.54) is 0 Å². The van der Waals surface area contributed by atoms with Crippen molar-refractivity contribution in [3.05, 3.63) is 0 Å². The Morgan fingerprint density at radius 3 is 0.809 bits per heavy atom. The normalized spacial score (nSPS) is 14.1. The Morgan fingerprint density at radius 1 is 0.340 bits per heavy atom. The third kappa shape index (κ3) is 31.5. The van der Waals surface area contributed by atoms with Crippen molar-refractivity contribution in [2.75, 3.05) is 0 Å². The number of unbranched alkanes of at least 4 members (excludes halogenated alkanes) is 12. The molecule has 0 aromatic carbocycles. The molecular formula is C39H72O8. The van der Waals surface area contributed by atoms with Gasteiger partial charge in [-0.1, -0.05) is 97.3 Å². The number of aliphatic hydroxyl groups is 4. The van der Waals surface area contributed by atoms with Crippen LogP contribution in [-0.4, -0.2) is 68.0 Å². The van der Waals surface area contributed by atoms with Crippen LogP contribution in [0.2, 0.25) is 0 Å². The summed E-state index contributed by atoms with van der Waals surface area (Å²) in [5.41, 5.74) is 0. The first-order chi connectivity index (χ1) is 22.6. The molecule has 0 aromatic heterocycles. The molecule has 0 aromatic rings. The molecule has 0 saturated carbocycles. The predicted molar refractivity (Wildman–Crippen MR) is 189 cm³/mol. The summed E-state index contributed by atoms with van der Waals surface area (Å²) in [4.78, 5) is 48.4. The van der Waals surface area contributed by atoms with E-state index >= 15 is 0 Å². The molecule has 0 aliphatic heterocycles. The first kappa shape index (κ1) is 45.5. The number of Topliss-reactive ketones (excluding diaryl/α,β-unsaturated/α-hetero) is 4. The zero-order valence-corrected chi connectivity index (χ0v) is 30.2. The summed E-state index contributed by atoms with van der Waals surface area (Å²) in [7, 11) is 0. The molecular weight excluding hydrogens is 596 g/mol. The van der Waals surface area contributed by atoms with Crippen LogP contribution in [0.15, 0.2) is 0 Å². The maximum atomic E-state index is 12.2. The lowest BCUT2D eigenvalue weighted by molar-refractivity contribution is -0.122. The molecule has 0 saturated heterocycles. The molecule has 276 valence electrons. The summed E-state index contributed by atoms with van der Waals surface area (Å²) in [6, 6.07) is 0. The van der Waals surface area contributed by atoms with Crippen LogP contribution in [0, 0.1) is 0 Å². The Morgan fingerprint density at radius 2 is 0.553 bits per heavy atom. The third-order valence-electron chi connectivity index (χ3n) is 9.03. The average Bonchev–Trinajstić information content (AvgIpc) is 3.00. The Bertz CT molecular complexity index is 734. The van der Waals surface area contributed by atoms with Gasteiger partial charge in [-0.05, 0) is 51.4 Å². The maximum absolute atomic E-state index is 12.2. The van der Waals surface area contributed by atoms with E-state index in [-0.39, 0.29) is 48.8 Å². The van der Waals surface area contributed by atoms with E-state index in [1.807, 2.05) is 0 Å². The minimum Gasteiger partial charge on any atom is -0.393 e. The zero-order valence-electron chi connectivity index (χ0n) is 30.2. The van der Waals surface area contributed by atoms with Crippen molar-refractivity contribution >= 4 is 23.1 Å². The Hall–Kier alpha value is -1.48. The van der Waals surface area contributed by atoms with Gasteiger partial charge in [0, 0.05) is 51.4 Å². The van der Waals surface area contributed by atoms with Crippen LogP contribution in [0.1, 0.15) is 200 Å². The van der Waals surface area contributed by atoms with Gasteiger partial charge >= 0.3 is 0 Å². The quantitative estimate of drug-likeness (QED) is 0.0490. The standard InChI is InChI=1S/C39H72O8/c1-3-5-12-20-32(40)28-36(44)24-16-10-18-26-38(46)30-34(42)22-14-8-7-9-15-23-35(43)31-39(47)27-19-11-17-25-37(45)29-33(41)21-13-6-4-2/h32-33,38-41,46-47H,3-31H2,1-2H3. The second kappa shape index (κ2) is 31.8. The van der Waals surface area contributed by atoms with E-state index in [0.717, 1.165) is 109 Å². The molecule has 0 aliphatic rings. The lowest BCUT2D eigenvalue weighted by atomic mass is 9.99. The lowest BCUT2D eigenvalue weighted by Gasteiger charge is -2.11. The SMILES string of the molecule is CCCCCC(O)CC(=O)CCCCCC(O)CC(=O)CCCCCCCC(=O)CC(O)CCCCCC(=O)CC(O)CCCCC. The van der Waals surface area contributed by atoms with E-state index in [4.69, 9.17) is 0 Å². The molecule has 4 atom stereocenters. The van der Waals surface area contributed by atoms with Gasteiger partial charge in [0.1, 0.15) is 23.1 Å². The fourth-order valence-corrected chi connectivity index (χ4v) is 6.06. The van der Waals surface area contributed by atoms with Crippen LogP contribution in [0.25, 0.3) is 0 Å². The molecule has 0 heterocycles. The van der Waals surface area contributed by atoms with E-state index in [0.29, 0.717) is 51.4 Å². The lowest BCUT2D eigenvalue weighted by Crippen LogP contribution is -2.14. The topological polar surface area (TPSA) is 149 Å². The van der Waals surface area contributed by atoms with Gasteiger partial charge in [0.05, 0.1) is 24.4 Å². The van der Waals surface area contributed by atoms with Crippen molar-refractivity contribution in [1.82, 2.24) is 0 Å². The molecule has 0 amide bonds. The van der Waals surface area contributed by atoms with Gasteiger partial charge in [-0.25, -0.2) is 0 Å². The number of hydrogen-bond donors (Lipinski definition) is 4. The predicted octanol–water partition coefficient (Wildman–Crippen LogP) is 8.06. The number of carbonyl (C=O) groups excluding carboxylic acids is 4. The van der Waals surface area contributed by atoms with Crippen LogP contribution < -0.4 is 0 Å². The summed E-state index contributed by atoms with van der Waals surface area (Å²) >= 11 is 0. The van der Waals surface area contributed by atoms with Gasteiger partial charge in [-0.15, -0.1) is 0 Å². The van der Waals surface area contributed by atoms with Gasteiger partial charge < -0.3 is 20.4 Å². The number of ketones is 4. The van der Waals surface area contributed by atoms with Gasteiger partial charge in [0.2, 0.25) is 0 Å². The van der Waals surface area contributed by atoms with Crippen molar-refractivity contribution in [2.24, 2.45) is 0 Å². The number of rotatable bonds is 36. The molecule has 47 heavy (non-hydrogen) atoms. The van der Waals surface area contributed by atoms with Gasteiger partial charge in [0.25, 0.3) is 0 Å². The van der Waals surface area contributed by atoms with E-state index < -0.39 is 24.4 Å². The van der Waals surface area contributed by atoms with Crippen molar-refractivity contribution < 1.29 is 39.6 Å². The smallest absolute Gasteiger partial charge is 0.135 e. The summed E-state index contributed by atoms with van der Waals surface area (Å²) in [5, 5.41) is 40.2. The molecule has 4 N–H and O–H groups in total. The summed E-state index contributed by atoms with van der Waals surface area (Å²) in [6.45, 7) is 4.22. The van der Waals surface area contributed by atoms with Crippen molar-refractivity contribution in [2.45, 2.75) is 224 Å². The van der Waals surface area contributed by atoms with Crippen molar-refractivity contribution in [3.8, 4) is 0 Å². The summed E-state index contributed by atoms with van der Waals surface area (Å²) in [5.74, 6) is 0.366. The Labute approximate surface area is 286 Å². The second-order valence-corrected chi connectivity index (χ2v) is 14.0. The Balaban J connectivity index is 3.67. The molecule has 0 radical (unpaired) electrons. The zero-order chi connectivity index (χ0) is 35.1. The second-order valence-electron chi connectivity index (χ2n) is 14.0. The van der Waals surface area contributed by atoms with Crippen LogP contribution in [-0.2, 0) is 19.2 Å². The van der Waals surface area contributed by atoms with E-state index in [2.05, 4.69) is 13.8 Å². The van der Waals surface area contributed by atoms with Crippen LogP contribution >= 0.6 is 0 Å². The monoisotopic (exact) mass is 669 g/mol. The van der Waals surface area contributed by atoms with Gasteiger partial charge in [0.15, 0.2) is 0 Å². The largest absolute Gasteiger partial charge is 0.393 e. The number of aliphatic hydroxyl groups excluding tert-OH is 4. The molecule has 0 bridgehead atoms. The minimum absolute atomic E-state index is 0.0807. The maximum Gasteiger partial charge on any atom is 0.135 e. The van der Waals surface area contributed by atoms with Crippen LogP contribution in [0.5, 0.6) is 0 Å². The van der Waals surface area contributed by atoms with E-state index in [1.54, 1.807) is 0 Å². The first-order valence-electron chi connectivity index (χ1n) is 19.4. The Kier molecular flexibility index (Phi) is 30.8. The van der Waals surface area contributed by atoms with Gasteiger partial charge in [-0.3, -0.25) is 19.2 Å². The molecule has 8 heteroatoms.